The highest BCUT2D eigenvalue weighted by atomic mass is 15.1. The van der Waals surface area contributed by atoms with Crippen LogP contribution in [0.25, 0.3) is 95.0 Å². The number of rotatable bonds is 5. The Morgan fingerprint density at radius 1 is 0.355 bits per heavy atom. The molecule has 0 radical (unpaired) electrons. The first-order valence-corrected chi connectivity index (χ1v) is 21.2. The molecule has 9 aromatic carbocycles. The average Bonchev–Trinajstić information content (AvgIpc) is 3.99. The fraction of sp³-hybridized carbons (Fsp3) is 0.0172. The molecule has 2 heterocycles. The Labute approximate surface area is 359 Å². The van der Waals surface area contributed by atoms with E-state index in [2.05, 4.69) is 223 Å². The van der Waals surface area contributed by atoms with Crippen molar-refractivity contribution in [3.05, 3.63) is 241 Å². The summed E-state index contributed by atoms with van der Waals surface area (Å²) in [4.78, 5) is 15.8. The number of nitrogens with zero attached hydrogens (tertiary/aromatic N) is 4. The van der Waals surface area contributed by atoms with Crippen molar-refractivity contribution in [2.75, 3.05) is 0 Å². The lowest BCUT2D eigenvalue weighted by Crippen LogP contribution is -2.25. The van der Waals surface area contributed by atoms with E-state index in [1.54, 1.807) is 0 Å². The molecule has 4 nitrogen and oxygen atoms in total. The van der Waals surface area contributed by atoms with Crippen LogP contribution in [0.3, 0.4) is 0 Å². The van der Waals surface area contributed by atoms with Gasteiger partial charge in [0.15, 0.2) is 5.82 Å². The smallest absolute Gasteiger partial charge is 0.161 e. The maximum atomic E-state index is 5.40. The van der Waals surface area contributed by atoms with Crippen LogP contribution in [0, 0.1) is 0 Å². The molecule has 0 saturated heterocycles. The zero-order valence-corrected chi connectivity index (χ0v) is 33.6. The lowest BCUT2D eigenvalue weighted by molar-refractivity contribution is 0.794. The molecule has 2 aromatic heterocycles. The van der Waals surface area contributed by atoms with E-state index in [1.807, 2.05) is 0 Å². The highest BCUT2D eigenvalue weighted by Gasteiger charge is 2.52. The molecule has 13 rings (SSSR count). The van der Waals surface area contributed by atoms with Crippen LogP contribution >= 0.6 is 0 Å². The van der Waals surface area contributed by atoms with Gasteiger partial charge >= 0.3 is 0 Å². The molecule has 0 fully saturated rings. The highest BCUT2D eigenvalue weighted by Crippen LogP contribution is 2.64. The first kappa shape index (κ1) is 34.6. The second-order valence-corrected chi connectivity index (χ2v) is 16.3. The number of fused-ring (bicyclic) bond motifs is 12. The van der Waals surface area contributed by atoms with E-state index in [1.165, 1.54) is 50.1 Å². The summed E-state index contributed by atoms with van der Waals surface area (Å²) < 4.78 is 2.26. The summed E-state index contributed by atoms with van der Waals surface area (Å²) in [6.07, 6.45) is 0. The second kappa shape index (κ2) is 13.4. The second-order valence-electron chi connectivity index (χ2n) is 16.3. The van der Waals surface area contributed by atoms with E-state index in [0.717, 1.165) is 67.2 Å². The fourth-order valence-electron chi connectivity index (χ4n) is 10.4. The van der Waals surface area contributed by atoms with Crippen LogP contribution in [0.15, 0.2) is 218 Å². The molecule has 0 saturated carbocycles. The normalized spacial score (nSPS) is 14.5. The quantitative estimate of drug-likeness (QED) is 0.174. The average molecular weight is 789 g/mol. The van der Waals surface area contributed by atoms with E-state index in [0.29, 0.717) is 0 Å². The van der Waals surface area contributed by atoms with Crippen LogP contribution in [0.5, 0.6) is 0 Å². The predicted octanol–water partition coefficient (Wildman–Crippen LogP) is 14.0. The molecule has 1 atom stereocenters. The van der Waals surface area contributed by atoms with Crippen LogP contribution in [0.2, 0.25) is 0 Å². The molecule has 0 aliphatic heterocycles. The number of benzene rings is 9. The Morgan fingerprint density at radius 3 is 1.77 bits per heavy atom. The molecule has 0 amide bonds. The molecule has 0 N–H and O–H groups in total. The summed E-state index contributed by atoms with van der Waals surface area (Å²) in [6.45, 7) is 0. The molecule has 2 aliphatic carbocycles. The van der Waals surface area contributed by atoms with E-state index >= 15 is 0 Å². The van der Waals surface area contributed by atoms with Gasteiger partial charge in [0.25, 0.3) is 0 Å². The van der Waals surface area contributed by atoms with Gasteiger partial charge in [0.2, 0.25) is 0 Å². The van der Waals surface area contributed by atoms with Gasteiger partial charge in [-0.05, 0) is 92.0 Å². The van der Waals surface area contributed by atoms with Crippen molar-refractivity contribution in [1.29, 1.82) is 0 Å². The molecule has 1 spiro atoms. The Balaban J connectivity index is 0.993. The van der Waals surface area contributed by atoms with Crippen molar-refractivity contribution in [2.24, 2.45) is 0 Å². The number of hydrogen-bond donors (Lipinski definition) is 0. The van der Waals surface area contributed by atoms with Gasteiger partial charge in [-0.2, -0.15) is 0 Å². The van der Waals surface area contributed by atoms with E-state index in [9.17, 15) is 0 Å². The standard InChI is InChI=1S/C58H36N4/c1-3-16-38(17-4-1)55-45-22-9-12-27-51(45)59-56(61-55)46-23-15-26-49-54(46)44-21-8-11-25-48(44)58(49)47-24-10-7-20-42(47)43-35-34-40(36-50(43)58)37-30-32-39(33-31-37)57-60-52-28-13-14-29-53(52)62(57)41-18-5-2-6-19-41/h1-36H. The molecule has 4 heteroatoms. The lowest BCUT2D eigenvalue weighted by Gasteiger charge is -2.31. The molecular weight excluding hydrogens is 753 g/mol. The first-order valence-electron chi connectivity index (χ1n) is 21.2. The molecule has 288 valence electrons. The van der Waals surface area contributed by atoms with Crippen LogP contribution in [0.1, 0.15) is 22.3 Å². The summed E-state index contributed by atoms with van der Waals surface area (Å²) in [5.41, 5.74) is 20.1. The largest absolute Gasteiger partial charge is 0.292 e. The molecule has 11 aromatic rings. The molecule has 62 heavy (non-hydrogen) atoms. The van der Waals surface area contributed by atoms with Crippen molar-refractivity contribution in [3.63, 3.8) is 0 Å². The zero-order chi connectivity index (χ0) is 40.8. The maximum Gasteiger partial charge on any atom is 0.161 e. The highest BCUT2D eigenvalue weighted by molar-refractivity contribution is 6.01. The summed E-state index contributed by atoms with van der Waals surface area (Å²) in [6, 6.07) is 78.4. The van der Waals surface area contributed by atoms with Crippen molar-refractivity contribution < 1.29 is 0 Å². The molecular formula is C58H36N4. The maximum absolute atomic E-state index is 5.40. The third kappa shape index (κ3) is 4.92. The van der Waals surface area contributed by atoms with Gasteiger partial charge in [0.05, 0.1) is 27.7 Å². The zero-order valence-electron chi connectivity index (χ0n) is 33.6. The van der Waals surface area contributed by atoms with Crippen molar-refractivity contribution >= 4 is 21.9 Å². The van der Waals surface area contributed by atoms with Crippen molar-refractivity contribution in [3.8, 4) is 73.1 Å². The van der Waals surface area contributed by atoms with Crippen molar-refractivity contribution in [2.45, 2.75) is 5.41 Å². The minimum atomic E-state index is -0.538. The van der Waals surface area contributed by atoms with Gasteiger partial charge in [0.1, 0.15) is 5.82 Å². The molecule has 1 unspecified atom stereocenters. The Morgan fingerprint density at radius 2 is 0.952 bits per heavy atom. The van der Waals surface area contributed by atoms with Crippen LogP contribution in [0.4, 0.5) is 0 Å². The number of imidazole rings is 1. The minimum Gasteiger partial charge on any atom is -0.292 e. The Kier molecular flexibility index (Phi) is 7.49. The van der Waals surface area contributed by atoms with Gasteiger partial charge in [-0.25, -0.2) is 15.0 Å². The van der Waals surface area contributed by atoms with E-state index in [-0.39, 0.29) is 0 Å². The van der Waals surface area contributed by atoms with Crippen LogP contribution in [-0.2, 0) is 5.41 Å². The van der Waals surface area contributed by atoms with E-state index in [4.69, 9.17) is 15.0 Å². The Bertz CT molecular complexity index is 3570. The number of hydrogen-bond acceptors (Lipinski definition) is 3. The van der Waals surface area contributed by atoms with Gasteiger partial charge in [-0.15, -0.1) is 0 Å². The monoisotopic (exact) mass is 788 g/mol. The molecule has 2 aliphatic rings. The molecule has 0 bridgehead atoms. The van der Waals surface area contributed by atoms with Gasteiger partial charge in [0, 0.05) is 27.8 Å². The number of aromatic nitrogens is 4. The van der Waals surface area contributed by atoms with Crippen LogP contribution in [-0.4, -0.2) is 19.5 Å². The third-order valence-electron chi connectivity index (χ3n) is 13.1. The number of para-hydroxylation sites is 4. The fourth-order valence-corrected chi connectivity index (χ4v) is 10.4. The van der Waals surface area contributed by atoms with Crippen molar-refractivity contribution in [1.82, 2.24) is 19.5 Å². The topological polar surface area (TPSA) is 43.6 Å². The van der Waals surface area contributed by atoms with E-state index < -0.39 is 5.41 Å². The summed E-state index contributed by atoms with van der Waals surface area (Å²) in [5, 5.41) is 1.04. The predicted molar refractivity (Wildman–Crippen MR) is 252 cm³/mol. The van der Waals surface area contributed by atoms with Gasteiger partial charge in [-0.3, -0.25) is 4.57 Å². The SMILES string of the molecule is c1ccc(-c2nc(-c3cccc4c3-c3ccccc3C43c4ccccc4-c4ccc(-c5ccc(-c6nc7ccccc7n6-c6ccccc6)cc5)cc43)nc3ccccc23)cc1. The summed E-state index contributed by atoms with van der Waals surface area (Å²) >= 11 is 0. The third-order valence-corrected chi connectivity index (χ3v) is 13.1. The minimum absolute atomic E-state index is 0.538. The van der Waals surface area contributed by atoms with Gasteiger partial charge in [-0.1, -0.05) is 182 Å². The first-order chi connectivity index (χ1) is 30.8. The van der Waals surface area contributed by atoms with Gasteiger partial charge < -0.3 is 0 Å². The van der Waals surface area contributed by atoms with Crippen LogP contribution < -0.4 is 0 Å². The lowest BCUT2D eigenvalue weighted by atomic mass is 9.70. The Hall–Kier alpha value is -8.21. The summed E-state index contributed by atoms with van der Waals surface area (Å²) in [7, 11) is 0. The summed E-state index contributed by atoms with van der Waals surface area (Å²) in [5.74, 6) is 1.65.